The van der Waals surface area contributed by atoms with Crippen molar-refractivity contribution in [2.24, 2.45) is 5.92 Å². The molecule has 0 amide bonds. The molecule has 1 N–H and O–H groups in total. The molecule has 1 aliphatic rings. The number of hydrogen-bond donors (Lipinski definition) is 1. The summed E-state index contributed by atoms with van der Waals surface area (Å²) in [6.07, 6.45) is 0.567. The molecule has 0 aromatic heterocycles. The van der Waals surface area contributed by atoms with Crippen LogP contribution in [0.15, 0.2) is 0 Å². The molecule has 0 saturated carbocycles. The van der Waals surface area contributed by atoms with Crippen molar-refractivity contribution in [3.05, 3.63) is 0 Å². The maximum absolute atomic E-state index is 9.75. The third kappa shape index (κ3) is 4.93. The summed E-state index contributed by atoms with van der Waals surface area (Å²) in [5, 5.41) is 9.75. The van der Waals surface area contributed by atoms with Gasteiger partial charge in [0, 0.05) is 32.2 Å². The first-order valence-corrected chi connectivity index (χ1v) is 5.76. The molecule has 4 heteroatoms. The maximum Gasteiger partial charge on any atom is 0.0624 e. The fraction of sp³-hybridized carbons (Fsp3) is 1.00. The molecule has 2 atom stereocenters. The van der Waals surface area contributed by atoms with Crippen molar-refractivity contribution < 1.29 is 14.6 Å². The Hall–Kier alpha value is -0.160. The molecule has 0 spiro atoms. The van der Waals surface area contributed by atoms with Gasteiger partial charge in [0.1, 0.15) is 0 Å². The quantitative estimate of drug-likeness (QED) is 0.652. The Morgan fingerprint density at radius 1 is 1.53 bits per heavy atom. The maximum atomic E-state index is 9.75. The van der Waals surface area contributed by atoms with E-state index in [1.54, 1.807) is 0 Å². The summed E-state index contributed by atoms with van der Waals surface area (Å²) in [6.45, 7) is 6.70. The molecular weight excluding hydrogens is 194 g/mol. The highest BCUT2D eigenvalue weighted by Gasteiger charge is 2.24. The van der Waals surface area contributed by atoms with Crippen molar-refractivity contribution in [1.82, 2.24) is 4.90 Å². The molecule has 1 fully saturated rings. The molecule has 0 aliphatic carbocycles. The second kappa shape index (κ2) is 7.17. The summed E-state index contributed by atoms with van der Waals surface area (Å²) in [7, 11) is 2.06. The third-order valence-corrected chi connectivity index (χ3v) is 2.80. The standard InChI is InChI=1S/C11H23NO3/c1-3-14-7-5-12(2)8-10-9-15-6-4-11(10)13/h10-11,13H,3-9H2,1-2H3. The van der Waals surface area contributed by atoms with Gasteiger partial charge >= 0.3 is 0 Å². The molecule has 0 bridgehead atoms. The SMILES string of the molecule is CCOCCN(C)CC1COCCC1O. The first kappa shape index (κ1) is 12.9. The molecule has 15 heavy (non-hydrogen) atoms. The Kier molecular flexibility index (Phi) is 6.17. The van der Waals surface area contributed by atoms with Crippen LogP contribution < -0.4 is 0 Å². The van der Waals surface area contributed by atoms with E-state index in [1.165, 1.54) is 0 Å². The fourth-order valence-corrected chi connectivity index (χ4v) is 1.82. The minimum Gasteiger partial charge on any atom is -0.393 e. The Morgan fingerprint density at radius 3 is 3.00 bits per heavy atom. The fourth-order valence-electron chi connectivity index (χ4n) is 1.82. The van der Waals surface area contributed by atoms with Gasteiger partial charge in [-0.2, -0.15) is 0 Å². The largest absolute Gasteiger partial charge is 0.393 e. The third-order valence-electron chi connectivity index (χ3n) is 2.80. The number of nitrogens with zero attached hydrogens (tertiary/aromatic N) is 1. The normalized spacial score (nSPS) is 27.2. The lowest BCUT2D eigenvalue weighted by molar-refractivity contribution is -0.0459. The molecule has 0 aromatic carbocycles. The van der Waals surface area contributed by atoms with Gasteiger partial charge < -0.3 is 19.5 Å². The van der Waals surface area contributed by atoms with Crippen molar-refractivity contribution in [1.29, 1.82) is 0 Å². The van der Waals surface area contributed by atoms with Gasteiger partial charge in [0.2, 0.25) is 0 Å². The van der Waals surface area contributed by atoms with Crippen molar-refractivity contribution in [3.8, 4) is 0 Å². The zero-order valence-corrected chi connectivity index (χ0v) is 9.82. The van der Waals surface area contributed by atoms with E-state index >= 15 is 0 Å². The smallest absolute Gasteiger partial charge is 0.0624 e. The summed E-state index contributed by atoms with van der Waals surface area (Å²) in [5.41, 5.74) is 0. The number of rotatable bonds is 6. The highest BCUT2D eigenvalue weighted by atomic mass is 16.5. The number of likely N-dealkylation sites (N-methyl/N-ethyl adjacent to an activating group) is 1. The summed E-state index contributed by atoms with van der Waals surface area (Å²) in [6, 6.07) is 0. The molecule has 4 nitrogen and oxygen atoms in total. The molecule has 90 valence electrons. The van der Waals surface area contributed by atoms with E-state index in [9.17, 15) is 5.11 Å². The van der Waals surface area contributed by atoms with Crippen LogP contribution >= 0.6 is 0 Å². The second-order valence-electron chi connectivity index (χ2n) is 4.15. The van der Waals surface area contributed by atoms with Crippen LogP contribution in [-0.4, -0.2) is 62.7 Å². The topological polar surface area (TPSA) is 41.9 Å². The van der Waals surface area contributed by atoms with E-state index in [4.69, 9.17) is 9.47 Å². The molecule has 1 heterocycles. The molecular formula is C11H23NO3. The minimum atomic E-state index is -0.201. The highest BCUT2D eigenvalue weighted by molar-refractivity contribution is 4.75. The van der Waals surface area contributed by atoms with Gasteiger partial charge in [-0.05, 0) is 20.4 Å². The molecule has 2 unspecified atom stereocenters. The van der Waals surface area contributed by atoms with Gasteiger partial charge in [0.25, 0.3) is 0 Å². The van der Waals surface area contributed by atoms with Gasteiger partial charge in [-0.3, -0.25) is 0 Å². The van der Waals surface area contributed by atoms with Crippen LogP contribution in [0.2, 0.25) is 0 Å². The minimum absolute atomic E-state index is 0.201. The summed E-state index contributed by atoms with van der Waals surface area (Å²) < 4.78 is 10.6. The van der Waals surface area contributed by atoms with E-state index < -0.39 is 0 Å². The van der Waals surface area contributed by atoms with Crippen molar-refractivity contribution >= 4 is 0 Å². The van der Waals surface area contributed by atoms with Gasteiger partial charge in [0.15, 0.2) is 0 Å². The van der Waals surface area contributed by atoms with Crippen LogP contribution in [0.5, 0.6) is 0 Å². The lowest BCUT2D eigenvalue weighted by Gasteiger charge is -2.31. The van der Waals surface area contributed by atoms with Crippen LogP contribution in [0, 0.1) is 5.92 Å². The Balaban J connectivity index is 2.15. The van der Waals surface area contributed by atoms with E-state index in [0.29, 0.717) is 13.2 Å². The van der Waals surface area contributed by atoms with Crippen LogP contribution in [-0.2, 0) is 9.47 Å². The van der Waals surface area contributed by atoms with E-state index in [1.807, 2.05) is 6.92 Å². The predicted molar refractivity (Wildman–Crippen MR) is 58.9 cm³/mol. The first-order chi connectivity index (χ1) is 7.24. The predicted octanol–water partition coefficient (Wildman–Crippen LogP) is 0.352. The average Bonchev–Trinajstić information content (AvgIpc) is 2.22. The molecule has 1 rings (SSSR count). The van der Waals surface area contributed by atoms with E-state index in [2.05, 4.69) is 11.9 Å². The molecule has 0 radical (unpaired) electrons. The van der Waals surface area contributed by atoms with Crippen LogP contribution in [0.25, 0.3) is 0 Å². The Labute approximate surface area is 92.2 Å². The Morgan fingerprint density at radius 2 is 2.33 bits per heavy atom. The number of hydrogen-bond acceptors (Lipinski definition) is 4. The monoisotopic (exact) mass is 217 g/mol. The van der Waals surface area contributed by atoms with Gasteiger partial charge in [0.05, 0.1) is 19.3 Å². The molecule has 0 aromatic rings. The van der Waals surface area contributed by atoms with E-state index in [0.717, 1.165) is 32.7 Å². The second-order valence-corrected chi connectivity index (χ2v) is 4.15. The lowest BCUT2D eigenvalue weighted by Crippen LogP contribution is -2.40. The zero-order chi connectivity index (χ0) is 11.1. The highest BCUT2D eigenvalue weighted by Crippen LogP contribution is 2.15. The number of aliphatic hydroxyl groups excluding tert-OH is 1. The van der Waals surface area contributed by atoms with E-state index in [-0.39, 0.29) is 12.0 Å². The van der Waals surface area contributed by atoms with Crippen LogP contribution in [0.3, 0.4) is 0 Å². The molecule has 1 aliphatic heterocycles. The summed E-state index contributed by atoms with van der Waals surface area (Å²) >= 11 is 0. The van der Waals surface area contributed by atoms with Crippen molar-refractivity contribution in [3.63, 3.8) is 0 Å². The first-order valence-electron chi connectivity index (χ1n) is 5.76. The Bertz CT molecular complexity index is 166. The number of ether oxygens (including phenoxy) is 2. The van der Waals surface area contributed by atoms with Gasteiger partial charge in [-0.15, -0.1) is 0 Å². The molecule has 1 saturated heterocycles. The summed E-state index contributed by atoms with van der Waals surface area (Å²) in [5.74, 6) is 0.255. The van der Waals surface area contributed by atoms with Crippen LogP contribution in [0.4, 0.5) is 0 Å². The van der Waals surface area contributed by atoms with Crippen molar-refractivity contribution in [2.45, 2.75) is 19.4 Å². The van der Waals surface area contributed by atoms with Gasteiger partial charge in [-0.25, -0.2) is 0 Å². The van der Waals surface area contributed by atoms with Gasteiger partial charge in [-0.1, -0.05) is 0 Å². The number of aliphatic hydroxyl groups is 1. The zero-order valence-electron chi connectivity index (χ0n) is 9.82. The average molecular weight is 217 g/mol. The van der Waals surface area contributed by atoms with Crippen LogP contribution in [0.1, 0.15) is 13.3 Å². The van der Waals surface area contributed by atoms with Crippen molar-refractivity contribution in [2.75, 3.05) is 46.6 Å². The lowest BCUT2D eigenvalue weighted by atomic mass is 9.98. The summed E-state index contributed by atoms with van der Waals surface area (Å²) in [4.78, 5) is 2.19.